The number of hydrogen-bond donors (Lipinski definition) is 3. The van der Waals surface area contributed by atoms with Gasteiger partial charge in [-0.15, -0.1) is 0 Å². The Hall–Kier alpha value is -1.59. The number of aromatic carboxylic acids is 2. The van der Waals surface area contributed by atoms with Crippen molar-refractivity contribution >= 4 is 17.6 Å². The van der Waals surface area contributed by atoms with Gasteiger partial charge in [0.05, 0.1) is 0 Å². The molecule has 14 heavy (non-hydrogen) atoms. The molecule has 0 saturated carbocycles. The fraction of sp³-hybridized carbons (Fsp3) is 0. The van der Waals surface area contributed by atoms with E-state index in [1.165, 1.54) is 0 Å². The van der Waals surface area contributed by atoms with Crippen LogP contribution in [-0.2, 0) is 17.1 Å². The molecule has 4 N–H and O–H groups in total. The van der Waals surface area contributed by atoms with Crippen LogP contribution < -0.4 is 5.73 Å². The molecule has 1 heterocycles. The van der Waals surface area contributed by atoms with Gasteiger partial charge in [-0.3, -0.25) is 0 Å². The van der Waals surface area contributed by atoms with Gasteiger partial charge in [0.15, 0.2) is 11.4 Å². The number of aromatic nitrogens is 1. The van der Waals surface area contributed by atoms with Crippen molar-refractivity contribution in [2.45, 2.75) is 0 Å². The van der Waals surface area contributed by atoms with Crippen molar-refractivity contribution in [1.82, 2.24) is 4.98 Å². The zero-order valence-corrected chi connectivity index (χ0v) is 7.63. The van der Waals surface area contributed by atoms with E-state index < -0.39 is 11.9 Å². The summed E-state index contributed by atoms with van der Waals surface area (Å²) in [5.41, 5.74) is 4.57. The first-order chi connectivity index (χ1) is 6.00. The molecule has 0 bridgehead atoms. The standard InChI is InChI=1S/C7H6N2O4.Cu/c8-3-1-4(6(10)11)9-5(2-3)7(12)13;/h1-2H,(H2,8,9)(H,10,11)(H,12,13);. The Balaban J connectivity index is 0.00000169. The topological polar surface area (TPSA) is 114 Å². The third kappa shape index (κ3) is 2.72. The van der Waals surface area contributed by atoms with E-state index in [4.69, 9.17) is 15.9 Å². The number of nitrogen functional groups attached to an aromatic ring is 1. The second kappa shape index (κ2) is 4.59. The van der Waals surface area contributed by atoms with Crippen molar-refractivity contribution < 1.29 is 36.9 Å². The minimum Gasteiger partial charge on any atom is -0.477 e. The molecule has 0 saturated heterocycles. The number of nitrogens with two attached hydrogens (primary N) is 1. The predicted molar refractivity (Wildman–Crippen MR) is 42.6 cm³/mol. The molecule has 0 aliphatic heterocycles. The van der Waals surface area contributed by atoms with Crippen molar-refractivity contribution in [1.29, 1.82) is 0 Å². The van der Waals surface area contributed by atoms with Crippen LogP contribution in [0.25, 0.3) is 0 Å². The smallest absolute Gasteiger partial charge is 0.354 e. The monoisotopic (exact) mass is 245 g/mol. The summed E-state index contributed by atoms with van der Waals surface area (Å²) in [6.07, 6.45) is 0. The maximum Gasteiger partial charge on any atom is 0.354 e. The summed E-state index contributed by atoms with van der Waals surface area (Å²) in [6.45, 7) is 0. The molecular formula is C7H6CuN2O4. The van der Waals surface area contributed by atoms with E-state index >= 15 is 0 Å². The summed E-state index contributed by atoms with van der Waals surface area (Å²) in [4.78, 5) is 24.2. The zero-order chi connectivity index (χ0) is 10.0. The van der Waals surface area contributed by atoms with Gasteiger partial charge in [-0.1, -0.05) is 0 Å². The number of rotatable bonds is 2. The minimum atomic E-state index is -1.31. The summed E-state index contributed by atoms with van der Waals surface area (Å²) in [5, 5.41) is 17.0. The maximum atomic E-state index is 10.4. The normalized spacial score (nSPS) is 8.86. The summed E-state index contributed by atoms with van der Waals surface area (Å²) in [7, 11) is 0. The molecule has 79 valence electrons. The van der Waals surface area contributed by atoms with E-state index in [0.29, 0.717) is 0 Å². The van der Waals surface area contributed by atoms with Crippen LogP contribution in [0.15, 0.2) is 12.1 Å². The molecule has 1 aromatic rings. The zero-order valence-electron chi connectivity index (χ0n) is 6.69. The average Bonchev–Trinajstić information content (AvgIpc) is 2.03. The maximum absolute atomic E-state index is 10.4. The number of nitrogens with zero attached hydrogens (tertiary/aromatic N) is 1. The van der Waals surface area contributed by atoms with Gasteiger partial charge in [0.2, 0.25) is 0 Å². The Morgan fingerprint density at radius 3 is 1.79 bits per heavy atom. The number of carbonyl (C=O) groups is 2. The number of anilines is 1. The summed E-state index contributed by atoms with van der Waals surface area (Å²) >= 11 is 0. The van der Waals surface area contributed by atoms with Gasteiger partial charge in [-0.25, -0.2) is 14.6 Å². The van der Waals surface area contributed by atoms with Crippen LogP contribution in [0.2, 0.25) is 0 Å². The molecule has 0 unspecified atom stereocenters. The van der Waals surface area contributed by atoms with Gasteiger partial charge in [-0.2, -0.15) is 0 Å². The average molecular weight is 246 g/mol. The molecular weight excluding hydrogens is 240 g/mol. The van der Waals surface area contributed by atoms with Crippen LogP contribution in [-0.4, -0.2) is 27.1 Å². The van der Waals surface area contributed by atoms with Gasteiger partial charge < -0.3 is 15.9 Å². The van der Waals surface area contributed by atoms with E-state index in [1.54, 1.807) is 0 Å². The van der Waals surface area contributed by atoms with Gasteiger partial charge in [0, 0.05) is 22.8 Å². The number of carboxylic acid groups (broad SMARTS) is 2. The summed E-state index contributed by atoms with van der Waals surface area (Å²) in [6, 6.07) is 2.18. The first-order valence-corrected chi connectivity index (χ1v) is 3.25. The van der Waals surface area contributed by atoms with E-state index in [-0.39, 0.29) is 34.1 Å². The largest absolute Gasteiger partial charge is 0.477 e. The molecule has 1 aromatic heterocycles. The van der Waals surface area contributed by atoms with E-state index in [0.717, 1.165) is 12.1 Å². The minimum absolute atomic E-state index is 0. The Morgan fingerprint density at radius 1 is 1.14 bits per heavy atom. The molecule has 6 nitrogen and oxygen atoms in total. The van der Waals surface area contributed by atoms with E-state index in [2.05, 4.69) is 4.98 Å². The van der Waals surface area contributed by atoms with Crippen molar-refractivity contribution in [3.05, 3.63) is 23.5 Å². The number of pyridine rings is 1. The molecule has 0 fully saturated rings. The second-order valence-electron chi connectivity index (χ2n) is 2.28. The first-order valence-electron chi connectivity index (χ1n) is 3.25. The van der Waals surface area contributed by atoms with Crippen LogP contribution >= 0.6 is 0 Å². The molecule has 0 aliphatic carbocycles. The second-order valence-corrected chi connectivity index (χ2v) is 2.28. The van der Waals surface area contributed by atoms with Crippen LogP contribution in [0.1, 0.15) is 21.0 Å². The van der Waals surface area contributed by atoms with Crippen LogP contribution in [0.3, 0.4) is 0 Å². The van der Waals surface area contributed by atoms with Gasteiger partial charge in [0.1, 0.15) is 0 Å². The van der Waals surface area contributed by atoms with E-state index in [9.17, 15) is 9.59 Å². The predicted octanol–water partition coefficient (Wildman–Crippen LogP) is 0.0577. The van der Waals surface area contributed by atoms with Gasteiger partial charge >= 0.3 is 11.9 Å². The van der Waals surface area contributed by atoms with Gasteiger partial charge in [0.25, 0.3) is 0 Å². The van der Waals surface area contributed by atoms with Crippen molar-refractivity contribution in [3.63, 3.8) is 0 Å². The van der Waals surface area contributed by atoms with Crippen LogP contribution in [0, 0.1) is 0 Å². The quantitative estimate of drug-likeness (QED) is 0.635. The third-order valence-electron chi connectivity index (χ3n) is 1.29. The van der Waals surface area contributed by atoms with Gasteiger partial charge in [-0.05, 0) is 12.1 Å². The Morgan fingerprint density at radius 2 is 1.50 bits per heavy atom. The molecule has 7 heteroatoms. The Kier molecular flexibility index (Phi) is 4.07. The fourth-order valence-corrected chi connectivity index (χ4v) is 0.771. The van der Waals surface area contributed by atoms with Crippen molar-refractivity contribution in [2.75, 3.05) is 5.73 Å². The third-order valence-corrected chi connectivity index (χ3v) is 1.29. The van der Waals surface area contributed by atoms with E-state index in [1.807, 2.05) is 0 Å². The Bertz CT molecular complexity index is 348. The molecule has 0 spiro atoms. The summed E-state index contributed by atoms with van der Waals surface area (Å²) < 4.78 is 0. The molecule has 0 aliphatic rings. The number of hydrogen-bond acceptors (Lipinski definition) is 4. The molecule has 0 atom stereocenters. The van der Waals surface area contributed by atoms with Crippen LogP contribution in [0.4, 0.5) is 5.69 Å². The molecule has 0 aromatic carbocycles. The molecule has 1 radical (unpaired) electrons. The summed E-state index contributed by atoms with van der Waals surface area (Å²) in [5.74, 6) is -2.62. The fourth-order valence-electron chi connectivity index (χ4n) is 0.771. The van der Waals surface area contributed by atoms with Crippen molar-refractivity contribution in [2.24, 2.45) is 0 Å². The van der Waals surface area contributed by atoms with Crippen LogP contribution in [0.5, 0.6) is 0 Å². The van der Waals surface area contributed by atoms with Crippen molar-refractivity contribution in [3.8, 4) is 0 Å². The first kappa shape index (κ1) is 12.4. The number of carboxylic acids is 2. The molecule has 0 amide bonds. The molecule has 1 rings (SSSR count). The Labute approximate surface area is 89.2 Å². The SMILES string of the molecule is Nc1cc(C(=O)O)nc(C(=O)O)c1.[Cu].